The first kappa shape index (κ1) is 19.8. The summed E-state index contributed by atoms with van der Waals surface area (Å²) in [6, 6.07) is 0. The van der Waals surface area contributed by atoms with E-state index in [2.05, 4.69) is 21.1 Å². The van der Waals surface area contributed by atoms with Crippen molar-refractivity contribution in [3.63, 3.8) is 0 Å². The number of aliphatic hydroxyl groups is 4. The lowest BCUT2D eigenvalue weighted by Crippen LogP contribution is -2.50. The van der Waals surface area contributed by atoms with Crippen LogP contribution >= 0.6 is 0 Å². The van der Waals surface area contributed by atoms with E-state index >= 15 is 0 Å². The van der Waals surface area contributed by atoms with Crippen molar-refractivity contribution in [3.05, 3.63) is 35.7 Å². The molecule has 12 nitrogen and oxygen atoms in total. The van der Waals surface area contributed by atoms with Gasteiger partial charge in [0.2, 0.25) is 5.76 Å². The van der Waals surface area contributed by atoms with Gasteiger partial charge in [-0.2, -0.15) is 10.5 Å². The maximum absolute atomic E-state index is 12.0. The van der Waals surface area contributed by atoms with Gasteiger partial charge in [-0.3, -0.25) is 4.89 Å². The van der Waals surface area contributed by atoms with Gasteiger partial charge in [0.1, 0.15) is 5.92 Å². The van der Waals surface area contributed by atoms with E-state index in [9.17, 15) is 34.8 Å². The highest BCUT2D eigenvalue weighted by molar-refractivity contribution is 5.90. The number of ether oxygens (including phenoxy) is 1. The molecule has 0 aromatic carbocycles. The van der Waals surface area contributed by atoms with E-state index in [0.717, 1.165) is 6.08 Å². The highest BCUT2D eigenvalue weighted by Crippen LogP contribution is 2.48. The van der Waals surface area contributed by atoms with E-state index in [1.54, 1.807) is 0 Å². The van der Waals surface area contributed by atoms with Gasteiger partial charge in [0.25, 0.3) is 0 Å². The van der Waals surface area contributed by atoms with Crippen LogP contribution in [0.1, 0.15) is 6.42 Å². The number of aliphatic hydroxyl groups excluding tert-OH is 4. The third-order valence-electron chi connectivity index (χ3n) is 3.56. The van der Waals surface area contributed by atoms with Crippen LogP contribution in [0.5, 0.6) is 0 Å². The quantitative estimate of drug-likeness (QED) is 0.125. The maximum Gasteiger partial charge on any atom is 0.357 e. The Labute approximate surface area is 138 Å². The zero-order valence-corrected chi connectivity index (χ0v) is 12.4. The fraction of sp³-hybridized carbons (Fsp3) is 0.308. The summed E-state index contributed by atoms with van der Waals surface area (Å²) < 4.78 is 4.58. The van der Waals surface area contributed by atoms with Crippen LogP contribution in [-0.4, -0.2) is 55.5 Å². The van der Waals surface area contributed by atoms with Gasteiger partial charge in [0.05, 0.1) is 6.61 Å². The maximum atomic E-state index is 12.0. The lowest BCUT2D eigenvalue weighted by molar-refractivity contribution is -0.258. The standard InChI is InChI=1S/C13H14O12/c1-2-5(14)23-4-3-13(12(20)25-22)6(11(19)24-21)7(15)8(16)9(17)10(13)18/h2,6,15-18,21-22H,1,3-4H2. The predicted molar refractivity (Wildman–Crippen MR) is 73.7 cm³/mol. The van der Waals surface area contributed by atoms with Gasteiger partial charge in [0, 0.05) is 12.5 Å². The monoisotopic (exact) mass is 362 g/mol. The van der Waals surface area contributed by atoms with E-state index < -0.39 is 65.3 Å². The fourth-order valence-electron chi connectivity index (χ4n) is 2.35. The molecule has 0 aliphatic heterocycles. The van der Waals surface area contributed by atoms with Crippen molar-refractivity contribution in [3.8, 4) is 0 Å². The van der Waals surface area contributed by atoms with Crippen molar-refractivity contribution in [2.45, 2.75) is 6.42 Å². The largest absolute Gasteiger partial charge is 0.507 e. The second kappa shape index (κ2) is 7.55. The highest BCUT2D eigenvalue weighted by atomic mass is 17.1. The van der Waals surface area contributed by atoms with Gasteiger partial charge in [0.15, 0.2) is 22.7 Å². The molecule has 0 fully saturated rings. The summed E-state index contributed by atoms with van der Waals surface area (Å²) in [6.07, 6.45) is -0.0906. The molecule has 2 unspecified atom stereocenters. The molecular weight excluding hydrogens is 348 g/mol. The highest BCUT2D eigenvalue weighted by Gasteiger charge is 2.62. The molecule has 25 heavy (non-hydrogen) atoms. The summed E-state index contributed by atoms with van der Waals surface area (Å²) in [4.78, 5) is 41.8. The summed E-state index contributed by atoms with van der Waals surface area (Å²) in [5, 5.41) is 56.3. The van der Waals surface area contributed by atoms with Gasteiger partial charge in [-0.1, -0.05) is 6.58 Å². The Kier molecular flexibility index (Phi) is 5.98. The molecule has 12 heteroatoms. The first-order chi connectivity index (χ1) is 11.7. The molecule has 0 aromatic heterocycles. The molecule has 0 saturated carbocycles. The summed E-state index contributed by atoms with van der Waals surface area (Å²) in [5.41, 5.74) is -2.80. The molecule has 0 saturated heterocycles. The van der Waals surface area contributed by atoms with Crippen LogP contribution in [0.3, 0.4) is 0 Å². The minimum absolute atomic E-state index is 0.708. The molecular formula is C13H14O12. The van der Waals surface area contributed by atoms with Crippen molar-refractivity contribution < 1.29 is 59.8 Å². The third kappa shape index (κ3) is 3.20. The van der Waals surface area contributed by atoms with Crippen LogP contribution in [0.4, 0.5) is 0 Å². The molecule has 0 aromatic rings. The summed E-state index contributed by atoms with van der Waals surface area (Å²) in [7, 11) is 0. The third-order valence-corrected chi connectivity index (χ3v) is 3.56. The number of esters is 1. The van der Waals surface area contributed by atoms with E-state index in [-0.39, 0.29) is 0 Å². The zero-order valence-electron chi connectivity index (χ0n) is 12.4. The number of hydrogen-bond acceptors (Lipinski definition) is 12. The second-order valence-electron chi connectivity index (χ2n) is 4.75. The molecule has 0 heterocycles. The molecule has 0 spiro atoms. The first-order valence-corrected chi connectivity index (χ1v) is 6.44. The van der Waals surface area contributed by atoms with Crippen LogP contribution in [0.25, 0.3) is 0 Å². The lowest BCUT2D eigenvalue weighted by atomic mass is 9.67. The molecule has 1 aliphatic carbocycles. The van der Waals surface area contributed by atoms with Gasteiger partial charge < -0.3 is 30.1 Å². The first-order valence-electron chi connectivity index (χ1n) is 6.44. The summed E-state index contributed by atoms with van der Waals surface area (Å²) in [5.74, 6) is -12.5. The summed E-state index contributed by atoms with van der Waals surface area (Å²) in [6.45, 7) is 2.40. The fourth-order valence-corrected chi connectivity index (χ4v) is 2.35. The minimum atomic E-state index is -2.80. The Morgan fingerprint density at radius 2 is 1.68 bits per heavy atom. The van der Waals surface area contributed by atoms with Gasteiger partial charge in [-0.15, -0.1) is 0 Å². The average Bonchev–Trinajstić information content (AvgIpc) is 2.62. The summed E-state index contributed by atoms with van der Waals surface area (Å²) >= 11 is 0. The Hall–Kier alpha value is -3.25. The van der Waals surface area contributed by atoms with E-state index in [1.165, 1.54) is 0 Å². The second-order valence-corrected chi connectivity index (χ2v) is 4.75. The minimum Gasteiger partial charge on any atom is -0.507 e. The van der Waals surface area contributed by atoms with Crippen molar-refractivity contribution in [2.24, 2.45) is 11.3 Å². The number of carbonyl (C=O) groups excluding carboxylic acids is 3. The van der Waals surface area contributed by atoms with Crippen molar-refractivity contribution in [1.29, 1.82) is 0 Å². The lowest BCUT2D eigenvalue weighted by Gasteiger charge is -2.36. The van der Waals surface area contributed by atoms with Crippen LogP contribution in [-0.2, 0) is 28.9 Å². The number of rotatable bonds is 6. The van der Waals surface area contributed by atoms with Crippen LogP contribution < -0.4 is 0 Å². The van der Waals surface area contributed by atoms with Gasteiger partial charge >= 0.3 is 17.9 Å². The number of hydrogen-bond donors (Lipinski definition) is 6. The van der Waals surface area contributed by atoms with Gasteiger partial charge in [-0.05, 0) is 0 Å². The van der Waals surface area contributed by atoms with E-state index in [0.29, 0.717) is 0 Å². The average molecular weight is 362 g/mol. The van der Waals surface area contributed by atoms with E-state index in [1.807, 2.05) is 0 Å². The molecule has 138 valence electrons. The molecule has 0 radical (unpaired) electrons. The molecule has 0 amide bonds. The zero-order chi connectivity index (χ0) is 19.4. The van der Waals surface area contributed by atoms with Crippen molar-refractivity contribution in [2.75, 3.05) is 6.61 Å². The molecule has 6 N–H and O–H groups in total. The van der Waals surface area contributed by atoms with Crippen LogP contribution in [0.15, 0.2) is 35.7 Å². The van der Waals surface area contributed by atoms with Crippen molar-refractivity contribution in [1.82, 2.24) is 0 Å². The predicted octanol–water partition coefficient (Wildman–Crippen LogP) is 0.410. The van der Waals surface area contributed by atoms with Crippen molar-refractivity contribution >= 4 is 17.9 Å². The topological polar surface area (TPSA) is 200 Å². The SMILES string of the molecule is C=CC(=O)OCCC1(C(=O)OO)C(O)=C(O)C(O)=C(O)C1C(=O)OO. The van der Waals surface area contributed by atoms with Crippen LogP contribution in [0, 0.1) is 11.3 Å². The van der Waals surface area contributed by atoms with Gasteiger partial charge in [-0.25, -0.2) is 14.4 Å². The molecule has 2 atom stereocenters. The Balaban J connectivity index is 3.51. The van der Waals surface area contributed by atoms with E-state index in [4.69, 9.17) is 10.5 Å². The molecule has 1 rings (SSSR count). The molecule has 1 aliphatic rings. The number of carbonyl (C=O) groups is 3. The Bertz CT molecular complexity index is 660. The normalized spacial score (nSPS) is 23.0. The Morgan fingerprint density at radius 3 is 2.16 bits per heavy atom. The smallest absolute Gasteiger partial charge is 0.357 e. The molecule has 0 bridgehead atoms. The Morgan fingerprint density at radius 1 is 1.08 bits per heavy atom. The van der Waals surface area contributed by atoms with Crippen LogP contribution in [0.2, 0.25) is 0 Å².